The minimum atomic E-state index is -3.02. The average Bonchev–Trinajstić information content (AvgIpc) is 3.27. The molecule has 0 atom stereocenters. The van der Waals surface area contributed by atoms with E-state index in [1.807, 2.05) is 75.4 Å². The zero-order chi connectivity index (χ0) is 50.9. The van der Waals surface area contributed by atoms with Crippen LogP contribution in [-0.4, -0.2) is 101 Å². The summed E-state index contributed by atoms with van der Waals surface area (Å²) in [6, 6.07) is 17.2. The second-order valence-electron chi connectivity index (χ2n) is 12.0. The molecule has 2 aromatic carbocycles. The lowest BCUT2D eigenvalue weighted by molar-refractivity contribution is -0.216. The summed E-state index contributed by atoms with van der Waals surface area (Å²) < 4.78 is 36.5. The highest BCUT2D eigenvalue weighted by Crippen LogP contribution is 2.15. The molecule has 0 aliphatic rings. The number of nitrogens with zero attached hydrogens (tertiary/aromatic N) is 3. The van der Waals surface area contributed by atoms with Crippen LogP contribution < -0.4 is 15.1 Å². The summed E-state index contributed by atoms with van der Waals surface area (Å²) in [6.45, 7) is 41.8. The molecule has 14 heteroatoms. The van der Waals surface area contributed by atoms with E-state index in [9.17, 15) is 32.8 Å². The molecule has 0 aliphatic carbocycles. The van der Waals surface area contributed by atoms with Crippen molar-refractivity contribution in [1.29, 1.82) is 0 Å². The first-order valence-corrected chi connectivity index (χ1v) is 20.2. The van der Waals surface area contributed by atoms with Gasteiger partial charge in [0.1, 0.15) is 6.61 Å². The van der Waals surface area contributed by atoms with E-state index < -0.39 is 6.11 Å². The molecule has 0 aromatic heterocycles. The zero-order valence-corrected chi connectivity index (χ0v) is 40.5. The van der Waals surface area contributed by atoms with Crippen LogP contribution in [-0.2, 0) is 38.2 Å². The predicted octanol–water partition coefficient (Wildman–Crippen LogP) is 10.3. The highest BCUT2D eigenvalue weighted by Gasteiger charge is 2.19. The summed E-state index contributed by atoms with van der Waals surface area (Å²) in [4.78, 5) is 57.5. The molecule has 64 heavy (non-hydrogen) atoms. The van der Waals surface area contributed by atoms with Crippen molar-refractivity contribution in [2.45, 2.75) is 68.4 Å². The zero-order valence-electron chi connectivity index (χ0n) is 40.5. The van der Waals surface area contributed by atoms with Gasteiger partial charge in [0.25, 0.3) is 0 Å². The molecule has 4 amide bonds. The van der Waals surface area contributed by atoms with Gasteiger partial charge in [0.2, 0.25) is 23.6 Å². The number of para-hydroxylation sites is 1. The Bertz CT molecular complexity index is 1570. The third-order valence-electron chi connectivity index (χ3n) is 6.46. The van der Waals surface area contributed by atoms with Crippen molar-refractivity contribution >= 4 is 47.0 Å². The monoisotopic (exact) mass is 901 g/mol. The predicted molar refractivity (Wildman–Crippen MR) is 264 cm³/mol. The molecule has 1 N–H and O–H groups in total. The van der Waals surface area contributed by atoms with E-state index in [1.165, 1.54) is 32.9 Å². The van der Waals surface area contributed by atoms with Crippen molar-refractivity contribution in [3.8, 4) is 0 Å². The second-order valence-corrected chi connectivity index (χ2v) is 12.0. The number of ether oxygens (including phenoxy) is 3. The standard InChI is InChI=1S/2C11H13NO.C6H11NO.C5H8F2O.C5H9NO.C5H8O2.C5H10O.C2H6/c1-4-10-6-5-7-11(8-10)12(3)9(2)13;1-3-9-12(10(2)13)11-7-5-4-6-8-11;1-4-5-7(3)6(2)8;1-3-4-8-5(2,6)7;1-3-4-6-5(2)7;1-3-4-7-5(2)6;1-3-5-6-4-2;1-2/h4-8H,1H2,2-3H3;3-8H,1,9H2,2H3;4H,1,5H2,2-3H3;3H,1,4H2,2H3;3H,1,4H2,2H3,(H,6,7);3H,1,4H2,2H3;3H,1,4-5H2,2H3;1-2H3. The van der Waals surface area contributed by atoms with E-state index in [1.54, 1.807) is 73.0 Å². The third-order valence-corrected chi connectivity index (χ3v) is 6.46. The van der Waals surface area contributed by atoms with E-state index in [-0.39, 0.29) is 36.2 Å². The molecule has 0 fully saturated rings. The maximum Gasteiger partial charge on any atom is 0.353 e. The van der Waals surface area contributed by atoms with Crippen molar-refractivity contribution in [2.24, 2.45) is 0 Å². The molecule has 0 bridgehead atoms. The molecule has 0 saturated heterocycles. The normalized spacial score (nSPS) is 8.77. The first-order chi connectivity index (χ1) is 30.1. The summed E-state index contributed by atoms with van der Waals surface area (Å²) in [6.07, 6.45) is 8.34. The SMILES string of the molecule is C=CCN(C(C)=O)c1ccccc1.C=CCN(C)C(C)=O.C=CCNC(C)=O.C=CCOC(C)(F)F.C=CCOC(C)=O.C=CCOCC.C=Cc1cccc(N(C)C(C)=O)c1.CC. The number of halogens is 2. The third kappa shape index (κ3) is 53.8. The minimum absolute atomic E-state index is 0.0140. The molecule has 360 valence electrons. The number of nitrogens with one attached hydrogen (secondary N) is 1. The number of carbonyl (C=O) groups is 5. The Morgan fingerprint density at radius 1 is 0.672 bits per heavy atom. The van der Waals surface area contributed by atoms with Crippen LogP contribution in [0, 0.1) is 0 Å². The largest absolute Gasteiger partial charge is 0.462 e. The molecular formula is C50H78F2N4O8. The molecule has 0 aliphatic heterocycles. The summed E-state index contributed by atoms with van der Waals surface area (Å²) in [5, 5.41) is 2.54. The summed E-state index contributed by atoms with van der Waals surface area (Å²) in [5.41, 5.74) is 2.82. The van der Waals surface area contributed by atoms with Crippen LogP contribution in [0.2, 0.25) is 0 Å². The summed E-state index contributed by atoms with van der Waals surface area (Å²) >= 11 is 0. The molecule has 2 aromatic rings. The molecule has 0 spiro atoms. The van der Waals surface area contributed by atoms with E-state index in [4.69, 9.17) is 4.74 Å². The van der Waals surface area contributed by atoms with Crippen LogP contribution in [0.1, 0.15) is 67.9 Å². The quantitative estimate of drug-likeness (QED) is 0.0942. The maximum absolute atomic E-state index is 11.6. The fraction of sp³-hybridized carbons (Fsp3) is 0.380. The average molecular weight is 901 g/mol. The van der Waals surface area contributed by atoms with Gasteiger partial charge in [0.05, 0.1) is 13.2 Å². The molecule has 0 heterocycles. The van der Waals surface area contributed by atoms with Crippen molar-refractivity contribution in [3.63, 3.8) is 0 Å². The number of rotatable bonds is 17. The lowest BCUT2D eigenvalue weighted by Crippen LogP contribution is -2.28. The number of likely N-dealkylation sites (N-methyl/N-ethyl adjacent to an activating group) is 1. The molecule has 0 radical (unpaired) electrons. The van der Waals surface area contributed by atoms with E-state index in [0.29, 0.717) is 39.8 Å². The second kappa shape index (κ2) is 49.4. The lowest BCUT2D eigenvalue weighted by Gasteiger charge is -2.18. The van der Waals surface area contributed by atoms with Gasteiger partial charge in [-0.25, -0.2) is 0 Å². The molecule has 0 unspecified atom stereocenters. The first kappa shape index (κ1) is 69.4. The van der Waals surface area contributed by atoms with Gasteiger partial charge in [-0.05, 0) is 36.8 Å². The van der Waals surface area contributed by atoms with Crippen molar-refractivity contribution in [1.82, 2.24) is 10.2 Å². The van der Waals surface area contributed by atoms with Gasteiger partial charge in [-0.2, -0.15) is 8.78 Å². The van der Waals surface area contributed by atoms with Gasteiger partial charge in [-0.3, -0.25) is 24.0 Å². The van der Waals surface area contributed by atoms with E-state index in [2.05, 4.69) is 60.8 Å². The summed E-state index contributed by atoms with van der Waals surface area (Å²) in [7, 11) is 3.49. The first-order valence-electron chi connectivity index (χ1n) is 20.2. The lowest BCUT2D eigenvalue weighted by atomic mass is 10.2. The smallest absolute Gasteiger partial charge is 0.353 e. The van der Waals surface area contributed by atoms with E-state index >= 15 is 0 Å². The number of benzene rings is 2. The Hall–Kier alpha value is -6.25. The van der Waals surface area contributed by atoms with Gasteiger partial charge >= 0.3 is 12.1 Å². The van der Waals surface area contributed by atoms with Gasteiger partial charge in [-0.15, -0.1) is 32.9 Å². The maximum atomic E-state index is 11.6. The van der Waals surface area contributed by atoms with Gasteiger partial charge in [-0.1, -0.05) is 99.9 Å². The van der Waals surface area contributed by atoms with Crippen LogP contribution in [0.25, 0.3) is 6.08 Å². The van der Waals surface area contributed by atoms with Crippen molar-refractivity contribution in [2.75, 3.05) is 70.0 Å². The Morgan fingerprint density at radius 2 is 1.19 bits per heavy atom. The van der Waals surface area contributed by atoms with E-state index in [0.717, 1.165) is 23.5 Å². The number of amides is 4. The number of carbonyl (C=O) groups excluding carboxylic acids is 5. The Morgan fingerprint density at radius 3 is 1.47 bits per heavy atom. The number of esters is 1. The van der Waals surface area contributed by atoms with Gasteiger partial charge in [0.15, 0.2) is 0 Å². The van der Waals surface area contributed by atoms with Crippen LogP contribution >= 0.6 is 0 Å². The van der Waals surface area contributed by atoms with Crippen molar-refractivity contribution in [3.05, 3.63) is 143 Å². The Balaban J connectivity index is -0.000000156. The number of hydrogen-bond donors (Lipinski definition) is 1. The molecule has 2 rings (SSSR count). The van der Waals surface area contributed by atoms with Gasteiger partial charge in [0, 0.05) is 93.3 Å². The minimum Gasteiger partial charge on any atom is -0.462 e. The Kier molecular flexibility index (Phi) is 53.6. The number of anilines is 2. The fourth-order valence-electron chi connectivity index (χ4n) is 3.32. The van der Waals surface area contributed by atoms with Crippen LogP contribution in [0.5, 0.6) is 0 Å². The van der Waals surface area contributed by atoms with Crippen molar-refractivity contribution < 1.29 is 47.0 Å². The summed E-state index contributed by atoms with van der Waals surface area (Å²) in [5.74, 6) is -0.142. The topological polar surface area (TPSA) is 135 Å². The van der Waals surface area contributed by atoms with Crippen LogP contribution in [0.15, 0.2) is 137 Å². The molecular weight excluding hydrogens is 823 g/mol. The fourth-order valence-corrected chi connectivity index (χ4v) is 3.32. The van der Waals surface area contributed by atoms with Gasteiger partial charge < -0.3 is 34.2 Å². The van der Waals surface area contributed by atoms with Crippen LogP contribution in [0.4, 0.5) is 20.2 Å². The highest BCUT2D eigenvalue weighted by molar-refractivity contribution is 5.92. The Labute approximate surface area is 384 Å². The molecule has 12 nitrogen and oxygen atoms in total. The van der Waals surface area contributed by atoms with Crippen LogP contribution in [0.3, 0.4) is 0 Å². The number of alkyl halides is 2. The highest BCUT2D eigenvalue weighted by atomic mass is 19.3. The number of hydrogen-bond acceptors (Lipinski definition) is 8. The molecule has 0 saturated carbocycles.